The lowest BCUT2D eigenvalue weighted by Gasteiger charge is -2.37. The smallest absolute Gasteiger partial charge is 0.187 e. The molecule has 0 spiro atoms. The van der Waals surface area contributed by atoms with Gasteiger partial charge in [0.1, 0.15) is 6.33 Å². The van der Waals surface area contributed by atoms with E-state index in [1.54, 1.807) is 0 Å². The maximum Gasteiger partial charge on any atom is 0.187 e. The summed E-state index contributed by atoms with van der Waals surface area (Å²) in [7, 11) is 0. The van der Waals surface area contributed by atoms with Crippen LogP contribution in [0.1, 0.15) is 45.2 Å². The Kier molecular flexibility index (Phi) is 5.71. The molecule has 1 fully saturated rings. The van der Waals surface area contributed by atoms with Crippen molar-refractivity contribution in [3.05, 3.63) is 17.8 Å². The highest BCUT2D eigenvalue weighted by atomic mass is 19.1. The molecule has 4 nitrogen and oxygen atoms in total. The predicted molar refractivity (Wildman–Crippen MR) is 79.5 cm³/mol. The number of rotatable bonds is 6. The number of anilines is 1. The van der Waals surface area contributed by atoms with Crippen molar-refractivity contribution >= 4 is 5.82 Å². The molecule has 5 heteroatoms. The highest BCUT2D eigenvalue weighted by molar-refractivity contribution is 5.43. The lowest BCUT2D eigenvalue weighted by Crippen LogP contribution is -2.46. The highest BCUT2D eigenvalue weighted by Crippen LogP contribution is 2.26. The standard InChI is InChI=1S/C15H25FN4/c1-3-8-17-10-12-7-5-6-9-20(12)15-14(16)13(4-2)18-11-19-15/h11-12,17H,3-10H2,1-2H3. The topological polar surface area (TPSA) is 41.0 Å². The van der Waals surface area contributed by atoms with Crippen LogP contribution in [0.2, 0.25) is 0 Å². The summed E-state index contributed by atoms with van der Waals surface area (Å²) in [5.41, 5.74) is 0.515. The third-order valence-corrected chi connectivity index (χ3v) is 3.88. The number of nitrogens with one attached hydrogen (secondary N) is 1. The summed E-state index contributed by atoms with van der Waals surface area (Å²) in [6.45, 7) is 6.88. The van der Waals surface area contributed by atoms with E-state index in [2.05, 4.69) is 27.1 Å². The first-order valence-corrected chi connectivity index (χ1v) is 7.74. The minimum Gasteiger partial charge on any atom is -0.350 e. The van der Waals surface area contributed by atoms with Crippen molar-refractivity contribution in [2.24, 2.45) is 0 Å². The van der Waals surface area contributed by atoms with E-state index in [-0.39, 0.29) is 5.82 Å². The number of hydrogen-bond donors (Lipinski definition) is 1. The second-order valence-corrected chi connectivity index (χ2v) is 5.36. The van der Waals surface area contributed by atoms with Crippen LogP contribution >= 0.6 is 0 Å². The zero-order valence-electron chi connectivity index (χ0n) is 12.5. The first kappa shape index (κ1) is 15.2. The second-order valence-electron chi connectivity index (χ2n) is 5.36. The molecule has 1 aliphatic heterocycles. The third kappa shape index (κ3) is 3.45. The number of nitrogens with zero attached hydrogens (tertiary/aromatic N) is 3. The van der Waals surface area contributed by atoms with Gasteiger partial charge in [-0.1, -0.05) is 13.8 Å². The zero-order chi connectivity index (χ0) is 14.4. The average Bonchev–Trinajstić information content (AvgIpc) is 2.48. The summed E-state index contributed by atoms with van der Waals surface area (Å²) in [5, 5.41) is 3.45. The Hall–Kier alpha value is -1.23. The van der Waals surface area contributed by atoms with Gasteiger partial charge in [-0.25, -0.2) is 14.4 Å². The molecule has 1 unspecified atom stereocenters. The molecule has 1 saturated heterocycles. The molecule has 1 aromatic heterocycles. The van der Waals surface area contributed by atoms with Crippen molar-refractivity contribution in [1.29, 1.82) is 0 Å². The summed E-state index contributed by atoms with van der Waals surface area (Å²) in [6.07, 6.45) is 6.63. The molecule has 0 aliphatic carbocycles. The van der Waals surface area contributed by atoms with E-state index in [4.69, 9.17) is 0 Å². The Morgan fingerprint density at radius 2 is 2.20 bits per heavy atom. The van der Waals surface area contributed by atoms with Crippen LogP contribution in [0.15, 0.2) is 6.33 Å². The van der Waals surface area contributed by atoms with Crippen molar-refractivity contribution in [3.63, 3.8) is 0 Å². The molecule has 0 bridgehead atoms. The maximum absolute atomic E-state index is 14.4. The molecule has 2 heterocycles. The summed E-state index contributed by atoms with van der Waals surface area (Å²) in [4.78, 5) is 10.4. The van der Waals surface area contributed by atoms with Crippen LogP contribution < -0.4 is 10.2 Å². The Morgan fingerprint density at radius 1 is 1.35 bits per heavy atom. The quantitative estimate of drug-likeness (QED) is 0.813. The minimum atomic E-state index is -0.239. The Morgan fingerprint density at radius 3 is 2.95 bits per heavy atom. The molecule has 0 radical (unpaired) electrons. The number of piperidine rings is 1. The van der Waals surface area contributed by atoms with Gasteiger partial charge < -0.3 is 10.2 Å². The van der Waals surface area contributed by atoms with Crippen LogP contribution in [0.3, 0.4) is 0 Å². The number of halogens is 1. The van der Waals surface area contributed by atoms with Crippen molar-refractivity contribution in [2.45, 2.75) is 52.0 Å². The van der Waals surface area contributed by atoms with Gasteiger partial charge in [-0.15, -0.1) is 0 Å². The van der Waals surface area contributed by atoms with Gasteiger partial charge >= 0.3 is 0 Å². The molecule has 0 saturated carbocycles. The molecule has 1 aromatic rings. The molecule has 2 rings (SSSR count). The van der Waals surface area contributed by atoms with Crippen LogP contribution in [0.5, 0.6) is 0 Å². The van der Waals surface area contributed by atoms with E-state index in [1.165, 1.54) is 12.7 Å². The van der Waals surface area contributed by atoms with Gasteiger partial charge in [-0.2, -0.15) is 0 Å². The van der Waals surface area contributed by atoms with Gasteiger partial charge in [0.05, 0.1) is 5.69 Å². The SMILES string of the molecule is CCCNCC1CCCCN1c1ncnc(CC)c1F. The fourth-order valence-corrected chi connectivity index (χ4v) is 2.78. The second kappa shape index (κ2) is 7.53. The zero-order valence-corrected chi connectivity index (χ0v) is 12.5. The van der Waals surface area contributed by atoms with Crippen molar-refractivity contribution in [1.82, 2.24) is 15.3 Å². The van der Waals surface area contributed by atoms with Gasteiger partial charge in [0.25, 0.3) is 0 Å². The van der Waals surface area contributed by atoms with Crippen molar-refractivity contribution in [2.75, 3.05) is 24.5 Å². The van der Waals surface area contributed by atoms with Crippen LogP contribution in [-0.4, -0.2) is 35.6 Å². The molecule has 1 aliphatic rings. The predicted octanol–water partition coefficient (Wildman–Crippen LogP) is 2.54. The Balaban J connectivity index is 2.14. The first-order valence-electron chi connectivity index (χ1n) is 7.74. The molecular formula is C15H25FN4. The molecule has 112 valence electrons. The van der Waals surface area contributed by atoms with E-state index in [0.717, 1.165) is 38.9 Å². The normalized spacial score (nSPS) is 19.4. The van der Waals surface area contributed by atoms with Gasteiger partial charge in [0, 0.05) is 19.1 Å². The molecule has 20 heavy (non-hydrogen) atoms. The fraction of sp³-hybridized carbons (Fsp3) is 0.733. The van der Waals surface area contributed by atoms with Crippen molar-refractivity contribution < 1.29 is 4.39 Å². The van der Waals surface area contributed by atoms with E-state index < -0.39 is 0 Å². The van der Waals surface area contributed by atoms with E-state index in [0.29, 0.717) is 24.0 Å². The lowest BCUT2D eigenvalue weighted by atomic mass is 10.0. The van der Waals surface area contributed by atoms with Crippen LogP contribution in [0.25, 0.3) is 0 Å². The third-order valence-electron chi connectivity index (χ3n) is 3.88. The average molecular weight is 280 g/mol. The van der Waals surface area contributed by atoms with Crippen LogP contribution in [-0.2, 0) is 6.42 Å². The number of aryl methyl sites for hydroxylation is 1. The molecular weight excluding hydrogens is 255 g/mol. The molecule has 0 amide bonds. The first-order chi connectivity index (χ1) is 9.77. The summed E-state index contributed by atoms with van der Waals surface area (Å²) in [6, 6.07) is 0.337. The van der Waals surface area contributed by atoms with E-state index in [1.807, 2.05) is 6.92 Å². The van der Waals surface area contributed by atoms with E-state index in [9.17, 15) is 4.39 Å². The Labute approximate surface area is 120 Å². The summed E-state index contributed by atoms with van der Waals surface area (Å²) < 4.78 is 14.4. The summed E-state index contributed by atoms with van der Waals surface area (Å²) >= 11 is 0. The molecule has 1 N–H and O–H groups in total. The Bertz CT molecular complexity index is 424. The van der Waals surface area contributed by atoms with Gasteiger partial charge in [-0.05, 0) is 38.6 Å². The minimum absolute atomic E-state index is 0.239. The molecule has 1 atom stereocenters. The number of aromatic nitrogens is 2. The maximum atomic E-state index is 14.4. The van der Waals surface area contributed by atoms with Gasteiger partial charge in [0.15, 0.2) is 11.6 Å². The molecule has 0 aromatic carbocycles. The van der Waals surface area contributed by atoms with E-state index >= 15 is 0 Å². The fourth-order valence-electron chi connectivity index (χ4n) is 2.78. The monoisotopic (exact) mass is 280 g/mol. The van der Waals surface area contributed by atoms with Gasteiger partial charge in [0.2, 0.25) is 0 Å². The van der Waals surface area contributed by atoms with Crippen molar-refractivity contribution in [3.8, 4) is 0 Å². The lowest BCUT2D eigenvalue weighted by molar-refractivity contribution is 0.425. The van der Waals surface area contributed by atoms with Gasteiger partial charge in [-0.3, -0.25) is 0 Å². The van der Waals surface area contributed by atoms with Crippen LogP contribution in [0.4, 0.5) is 10.2 Å². The van der Waals surface area contributed by atoms with Crippen LogP contribution in [0, 0.1) is 5.82 Å². The largest absolute Gasteiger partial charge is 0.350 e. The number of hydrogen-bond acceptors (Lipinski definition) is 4. The highest BCUT2D eigenvalue weighted by Gasteiger charge is 2.26. The summed E-state index contributed by atoms with van der Waals surface area (Å²) in [5.74, 6) is 0.247.